The highest BCUT2D eigenvalue weighted by atomic mass is 32.1. The lowest BCUT2D eigenvalue weighted by atomic mass is 9.81. The van der Waals surface area contributed by atoms with Gasteiger partial charge in [0.25, 0.3) is 0 Å². The van der Waals surface area contributed by atoms with Crippen LogP contribution in [-0.4, -0.2) is 41.2 Å². The van der Waals surface area contributed by atoms with Crippen LogP contribution < -0.4 is 34.4 Å². The minimum Gasteiger partial charge on any atom is -0.366 e. The van der Waals surface area contributed by atoms with E-state index in [1.165, 1.54) is 0 Å². The Kier molecular flexibility index (Phi) is 6.72. The van der Waals surface area contributed by atoms with Crippen LogP contribution in [0.3, 0.4) is 0 Å². The first-order valence-corrected chi connectivity index (χ1v) is 8.08. The van der Waals surface area contributed by atoms with Gasteiger partial charge in [-0.3, -0.25) is 34.5 Å². The van der Waals surface area contributed by atoms with Gasteiger partial charge in [-0.25, -0.2) is 0 Å². The summed E-state index contributed by atoms with van der Waals surface area (Å²) >= 11 is 3.91. The summed E-state index contributed by atoms with van der Waals surface area (Å²) in [5, 5.41) is 0. The van der Waals surface area contributed by atoms with Gasteiger partial charge in [-0.2, -0.15) is 12.6 Å². The molecule has 12 nitrogen and oxygen atoms in total. The number of hydrogen-bond acceptors (Lipinski definition) is 7. The van der Waals surface area contributed by atoms with Gasteiger partial charge in [0.15, 0.2) is 0 Å². The third kappa shape index (κ3) is 4.03. The van der Waals surface area contributed by atoms with E-state index in [2.05, 4.69) is 12.6 Å². The first-order valence-electron chi connectivity index (χ1n) is 7.44. The number of rotatable bonds is 9. The quantitative estimate of drug-likeness (QED) is 0.232. The smallest absolute Gasteiger partial charge is 0.250 e. The Morgan fingerprint density at radius 3 is 1.18 bits per heavy atom. The van der Waals surface area contributed by atoms with Crippen molar-refractivity contribution < 1.29 is 28.8 Å². The highest BCUT2D eigenvalue weighted by Gasteiger charge is 2.36. The zero-order valence-electron chi connectivity index (χ0n) is 14.3. The van der Waals surface area contributed by atoms with Crippen molar-refractivity contribution in [1.29, 1.82) is 0 Å². The Balaban J connectivity index is 4.33. The Morgan fingerprint density at radius 1 is 0.679 bits per heavy atom. The third-order valence-electron chi connectivity index (χ3n) is 3.88. The van der Waals surface area contributed by atoms with Crippen molar-refractivity contribution in [2.24, 2.45) is 34.6 Å². The van der Waals surface area contributed by atoms with Crippen LogP contribution in [0, 0.1) is 5.92 Å². The van der Waals surface area contributed by atoms with E-state index in [9.17, 15) is 28.8 Å². The van der Waals surface area contributed by atoms with Gasteiger partial charge in [-0.05, 0) is 12.0 Å². The molecule has 1 radical (unpaired) electrons. The molecule has 11 N–H and O–H groups in total. The number of carbonyl (C=O) groups is 6. The van der Waals surface area contributed by atoms with Gasteiger partial charge in [0.2, 0.25) is 35.4 Å². The van der Waals surface area contributed by atoms with E-state index in [0.717, 1.165) is 0 Å². The van der Waals surface area contributed by atoms with E-state index in [4.69, 9.17) is 34.4 Å². The first kappa shape index (κ1) is 22.4. The minimum atomic E-state index is -1.40. The summed E-state index contributed by atoms with van der Waals surface area (Å²) in [5.41, 5.74) is 29.0. The number of carbonyl (C=O) groups excluding carboxylic acids is 6. The summed E-state index contributed by atoms with van der Waals surface area (Å²) in [7, 11) is 0. The van der Waals surface area contributed by atoms with Crippen LogP contribution in [0.25, 0.3) is 0 Å². The second-order valence-corrected chi connectivity index (χ2v) is 5.99. The van der Waals surface area contributed by atoms with Gasteiger partial charge in [0.05, 0.1) is 33.7 Å². The summed E-state index contributed by atoms with van der Waals surface area (Å²) < 4.78 is 0. The Labute approximate surface area is 163 Å². The molecule has 1 atom stereocenters. The zero-order chi connectivity index (χ0) is 21.9. The SMILES string of the molecule is [NH]C(=O)C(CS)Cc1c(C(N)=O)c(C(N)=O)c(C(N)=O)c(C(N)=O)c1C(N)=O. The molecule has 0 saturated carbocycles. The molecule has 1 rings (SSSR count). The molecule has 0 aliphatic rings. The summed E-state index contributed by atoms with van der Waals surface area (Å²) in [6.07, 6.45) is -0.540. The van der Waals surface area contributed by atoms with Crippen molar-refractivity contribution in [2.45, 2.75) is 6.42 Å². The minimum absolute atomic E-state index is 0.200. The van der Waals surface area contributed by atoms with Crippen molar-refractivity contribution >= 4 is 48.1 Å². The first-order chi connectivity index (χ1) is 12.9. The topological polar surface area (TPSA) is 256 Å². The summed E-state index contributed by atoms with van der Waals surface area (Å²) in [4.78, 5) is 71.4. The van der Waals surface area contributed by atoms with Gasteiger partial charge < -0.3 is 28.7 Å². The van der Waals surface area contributed by atoms with E-state index >= 15 is 0 Å². The fraction of sp³-hybridized carbons (Fsp3) is 0.200. The normalized spacial score (nSPS) is 11.5. The molecule has 0 bridgehead atoms. The fourth-order valence-corrected chi connectivity index (χ4v) is 3.07. The lowest BCUT2D eigenvalue weighted by Crippen LogP contribution is -2.36. The molecule has 0 aliphatic heterocycles. The Hall–Kier alpha value is -3.61. The van der Waals surface area contributed by atoms with Crippen molar-refractivity contribution in [1.82, 2.24) is 5.73 Å². The highest BCUT2D eigenvalue weighted by Crippen LogP contribution is 2.30. The van der Waals surface area contributed by atoms with Crippen molar-refractivity contribution in [3.8, 4) is 0 Å². The maximum absolute atomic E-state index is 12.1. The molecular weight excluding hydrogens is 392 g/mol. The average molecular weight is 409 g/mol. The maximum atomic E-state index is 12.1. The van der Waals surface area contributed by atoms with Crippen LogP contribution >= 0.6 is 12.6 Å². The van der Waals surface area contributed by atoms with Crippen molar-refractivity contribution in [3.63, 3.8) is 0 Å². The largest absolute Gasteiger partial charge is 0.366 e. The lowest BCUT2D eigenvalue weighted by molar-refractivity contribution is -0.121. The van der Waals surface area contributed by atoms with Crippen molar-refractivity contribution in [2.75, 3.05) is 5.75 Å². The molecular formula is C15H17N6O6S. The molecule has 28 heavy (non-hydrogen) atoms. The second kappa shape index (κ2) is 8.39. The summed E-state index contributed by atoms with van der Waals surface area (Å²) in [6.45, 7) is 0. The molecule has 1 aromatic rings. The zero-order valence-corrected chi connectivity index (χ0v) is 15.2. The molecule has 0 aromatic heterocycles. The van der Waals surface area contributed by atoms with Crippen LogP contribution in [0.2, 0.25) is 0 Å². The lowest BCUT2D eigenvalue weighted by Gasteiger charge is -2.22. The van der Waals surface area contributed by atoms with Gasteiger partial charge >= 0.3 is 0 Å². The molecule has 0 heterocycles. The molecule has 1 unspecified atom stereocenters. The maximum Gasteiger partial charge on any atom is 0.250 e. The number of nitrogens with one attached hydrogen (secondary N) is 1. The predicted molar refractivity (Wildman–Crippen MR) is 98.2 cm³/mol. The third-order valence-corrected chi connectivity index (χ3v) is 4.32. The molecule has 1 aromatic carbocycles. The number of nitrogens with two attached hydrogens (primary N) is 5. The molecule has 0 aliphatic carbocycles. The van der Waals surface area contributed by atoms with Gasteiger partial charge in [-0.1, -0.05) is 0 Å². The second-order valence-electron chi connectivity index (χ2n) is 5.62. The van der Waals surface area contributed by atoms with Crippen LogP contribution in [0.1, 0.15) is 57.4 Å². The van der Waals surface area contributed by atoms with E-state index in [1.54, 1.807) is 0 Å². The molecule has 6 amide bonds. The number of primary amides is 5. The Morgan fingerprint density at radius 2 is 0.964 bits per heavy atom. The van der Waals surface area contributed by atoms with Gasteiger partial charge in [0.1, 0.15) is 0 Å². The van der Waals surface area contributed by atoms with E-state index in [-0.39, 0.29) is 5.75 Å². The van der Waals surface area contributed by atoms with Crippen LogP contribution in [-0.2, 0) is 11.2 Å². The molecule has 149 valence electrons. The molecule has 0 fully saturated rings. The van der Waals surface area contributed by atoms with Crippen LogP contribution in [0.15, 0.2) is 0 Å². The summed E-state index contributed by atoms with van der Waals surface area (Å²) in [6, 6.07) is 0. The number of thiol groups is 1. The molecule has 13 heteroatoms. The monoisotopic (exact) mass is 409 g/mol. The molecule has 0 saturated heterocycles. The predicted octanol–water partition coefficient (Wildman–Crippen LogP) is -2.92. The van der Waals surface area contributed by atoms with Crippen LogP contribution in [0.5, 0.6) is 0 Å². The number of amides is 6. The van der Waals surface area contributed by atoms with E-state index in [1.807, 2.05) is 0 Å². The van der Waals surface area contributed by atoms with Crippen molar-refractivity contribution in [3.05, 3.63) is 33.4 Å². The fourth-order valence-electron chi connectivity index (χ4n) is 2.78. The standard InChI is InChI=1S/C15H17N6O6S/c16-10(22)3(2-28)1-4-5(11(17)23)7(13(19)25)9(15(21)27)8(14(20)26)6(4)12(18)24/h3,16,28H,1-2H2,(H2,17,23)(H2,18,24)(H2,19,25)(H2,20,26)(H2,21,27). The number of benzene rings is 1. The average Bonchev–Trinajstić information content (AvgIpc) is 2.56. The van der Waals surface area contributed by atoms with Gasteiger partial charge in [0, 0.05) is 5.75 Å². The number of hydrogen-bond donors (Lipinski definition) is 6. The van der Waals surface area contributed by atoms with Crippen LogP contribution in [0.4, 0.5) is 0 Å². The van der Waals surface area contributed by atoms with E-state index < -0.39 is 81.2 Å². The van der Waals surface area contributed by atoms with Gasteiger partial charge in [-0.15, -0.1) is 0 Å². The summed E-state index contributed by atoms with van der Waals surface area (Å²) in [5.74, 6) is -9.29. The van der Waals surface area contributed by atoms with E-state index in [0.29, 0.717) is 0 Å². The molecule has 0 spiro atoms. The highest BCUT2D eigenvalue weighted by molar-refractivity contribution is 7.80. The Bertz CT molecular complexity index is 875.